The Morgan fingerprint density at radius 2 is 1.70 bits per heavy atom. The Balaban J connectivity index is 0.000000444. The summed E-state index contributed by atoms with van der Waals surface area (Å²) in [7, 11) is -2.17. The van der Waals surface area contributed by atoms with E-state index in [1.807, 2.05) is 30.3 Å². The fourth-order valence-corrected chi connectivity index (χ4v) is 1.52. The number of aromatic nitrogens is 1. The number of nitro groups is 1. The van der Waals surface area contributed by atoms with Gasteiger partial charge in [0.15, 0.2) is 0 Å². The Labute approximate surface area is 115 Å². The molecule has 7 nitrogen and oxygen atoms in total. The molecular weight excluding hydrogens is 263 g/mol. The zero-order valence-electron chi connectivity index (χ0n) is 10.5. The summed E-state index contributed by atoms with van der Waals surface area (Å²) in [6.07, 6.45) is 2.06. The predicted octanol–water partition coefficient (Wildman–Crippen LogP) is 0.529. The number of pyridine rings is 1. The first-order valence-corrected chi connectivity index (χ1v) is 5.67. The van der Waals surface area contributed by atoms with Crippen LogP contribution in [-0.4, -0.2) is 32.3 Å². The Kier molecular flexibility index (Phi) is 6.31. The Morgan fingerprint density at radius 1 is 1.10 bits per heavy atom. The smallest absolute Gasteiger partial charge is 0.402 e. The second-order valence-electron chi connectivity index (χ2n) is 3.74. The van der Waals surface area contributed by atoms with E-state index >= 15 is 0 Å². The predicted molar refractivity (Wildman–Crippen MR) is 72.5 cm³/mol. The van der Waals surface area contributed by atoms with E-state index < -0.39 is 12.2 Å². The fraction of sp³-hybridized carbons (Fsp3) is 0.0833. The standard InChI is InChI=1S/C12H10N2O2.BH3O3/c15-14(16)12-7-4-8-13-11(12)9-10-5-2-1-3-6-10;2-1(3)4/h1-8H,9H2;2-4H. The molecule has 20 heavy (non-hydrogen) atoms. The molecule has 0 saturated carbocycles. The van der Waals surface area contributed by atoms with Crippen LogP contribution in [0.25, 0.3) is 0 Å². The van der Waals surface area contributed by atoms with Crippen LogP contribution in [0.2, 0.25) is 0 Å². The van der Waals surface area contributed by atoms with Crippen molar-refractivity contribution in [2.75, 3.05) is 0 Å². The molecule has 0 bridgehead atoms. The van der Waals surface area contributed by atoms with Crippen molar-refractivity contribution in [2.45, 2.75) is 6.42 Å². The van der Waals surface area contributed by atoms with Gasteiger partial charge in [0.2, 0.25) is 0 Å². The van der Waals surface area contributed by atoms with Crippen molar-refractivity contribution >= 4 is 13.0 Å². The van der Waals surface area contributed by atoms with E-state index in [0.717, 1.165) is 5.56 Å². The van der Waals surface area contributed by atoms with Crippen LogP contribution in [0, 0.1) is 10.1 Å². The molecule has 0 spiro atoms. The van der Waals surface area contributed by atoms with Gasteiger partial charge < -0.3 is 15.1 Å². The van der Waals surface area contributed by atoms with Crippen LogP contribution in [0.3, 0.4) is 0 Å². The maximum absolute atomic E-state index is 10.8. The molecule has 1 heterocycles. The van der Waals surface area contributed by atoms with E-state index in [9.17, 15) is 10.1 Å². The van der Waals surface area contributed by atoms with Crippen LogP contribution < -0.4 is 0 Å². The number of benzene rings is 1. The van der Waals surface area contributed by atoms with E-state index in [2.05, 4.69) is 4.98 Å². The highest BCUT2D eigenvalue weighted by atomic mass is 16.6. The molecule has 2 rings (SSSR count). The second-order valence-corrected chi connectivity index (χ2v) is 3.74. The van der Waals surface area contributed by atoms with Gasteiger partial charge in [-0.05, 0) is 11.6 Å². The van der Waals surface area contributed by atoms with Crippen molar-refractivity contribution in [2.24, 2.45) is 0 Å². The summed E-state index contributed by atoms with van der Waals surface area (Å²) in [4.78, 5) is 14.4. The lowest BCUT2D eigenvalue weighted by Gasteiger charge is -2.01. The van der Waals surface area contributed by atoms with E-state index in [-0.39, 0.29) is 5.69 Å². The second kappa shape index (κ2) is 8.00. The number of hydrogen-bond acceptors (Lipinski definition) is 6. The molecule has 2 aromatic rings. The highest BCUT2D eigenvalue weighted by Crippen LogP contribution is 2.18. The van der Waals surface area contributed by atoms with Gasteiger partial charge in [-0.15, -0.1) is 0 Å². The number of nitrogens with zero attached hydrogens (tertiary/aromatic N) is 2. The molecule has 1 aromatic heterocycles. The summed E-state index contributed by atoms with van der Waals surface area (Å²) >= 11 is 0. The van der Waals surface area contributed by atoms with Gasteiger partial charge in [-0.1, -0.05) is 30.3 Å². The SMILES string of the molecule is O=[N+]([O-])c1cccnc1Cc1ccccc1.OB(O)O. The Bertz CT molecular complexity index is 548. The number of hydrogen-bond donors (Lipinski definition) is 3. The van der Waals surface area contributed by atoms with Crippen molar-refractivity contribution in [3.05, 3.63) is 70.0 Å². The minimum absolute atomic E-state index is 0.0753. The quantitative estimate of drug-likeness (QED) is 0.427. The Hall–Kier alpha value is -2.29. The molecule has 0 aliphatic carbocycles. The molecule has 3 N–H and O–H groups in total. The molecule has 0 radical (unpaired) electrons. The maximum atomic E-state index is 10.8. The lowest BCUT2D eigenvalue weighted by Crippen LogP contribution is -2.07. The minimum Gasteiger partial charge on any atom is -0.402 e. The molecule has 0 atom stereocenters. The van der Waals surface area contributed by atoms with Crippen molar-refractivity contribution in [1.82, 2.24) is 4.98 Å². The van der Waals surface area contributed by atoms with Crippen LogP contribution >= 0.6 is 0 Å². The molecule has 8 heteroatoms. The first kappa shape index (κ1) is 15.8. The Morgan fingerprint density at radius 3 is 2.25 bits per heavy atom. The van der Waals surface area contributed by atoms with Crippen molar-refractivity contribution < 1.29 is 20.0 Å². The zero-order chi connectivity index (χ0) is 15.0. The summed E-state index contributed by atoms with van der Waals surface area (Å²) in [6.45, 7) is 0. The van der Waals surface area contributed by atoms with Gasteiger partial charge in [-0.2, -0.15) is 0 Å². The molecular formula is C12H13BN2O5. The van der Waals surface area contributed by atoms with E-state index in [0.29, 0.717) is 12.1 Å². The van der Waals surface area contributed by atoms with Gasteiger partial charge in [0.05, 0.1) is 4.92 Å². The highest BCUT2D eigenvalue weighted by molar-refractivity contribution is 6.30. The average molecular weight is 276 g/mol. The monoisotopic (exact) mass is 276 g/mol. The molecule has 0 fully saturated rings. The summed E-state index contributed by atoms with van der Waals surface area (Å²) < 4.78 is 0. The summed E-state index contributed by atoms with van der Waals surface area (Å²) in [6, 6.07) is 12.6. The highest BCUT2D eigenvalue weighted by Gasteiger charge is 2.13. The van der Waals surface area contributed by atoms with Crippen LogP contribution in [0.4, 0.5) is 5.69 Å². The maximum Gasteiger partial charge on any atom is 0.631 e. The van der Waals surface area contributed by atoms with Gasteiger partial charge in [-0.3, -0.25) is 15.1 Å². The van der Waals surface area contributed by atoms with Crippen LogP contribution in [0.15, 0.2) is 48.7 Å². The van der Waals surface area contributed by atoms with Crippen molar-refractivity contribution in [3.8, 4) is 0 Å². The molecule has 0 saturated heterocycles. The zero-order valence-corrected chi connectivity index (χ0v) is 10.5. The lowest BCUT2D eigenvalue weighted by atomic mass is 10.1. The molecule has 104 valence electrons. The molecule has 0 unspecified atom stereocenters. The van der Waals surface area contributed by atoms with Crippen LogP contribution in [0.5, 0.6) is 0 Å². The van der Waals surface area contributed by atoms with Gasteiger partial charge in [0, 0.05) is 18.7 Å². The fourth-order valence-electron chi connectivity index (χ4n) is 1.52. The van der Waals surface area contributed by atoms with Crippen molar-refractivity contribution in [1.29, 1.82) is 0 Å². The lowest BCUT2D eigenvalue weighted by molar-refractivity contribution is -0.385. The average Bonchev–Trinajstić information content (AvgIpc) is 2.39. The third kappa shape index (κ3) is 5.57. The summed E-state index contributed by atoms with van der Waals surface area (Å²) in [5, 5.41) is 32.3. The van der Waals surface area contributed by atoms with Crippen LogP contribution in [0.1, 0.15) is 11.3 Å². The first-order valence-electron chi connectivity index (χ1n) is 5.67. The molecule has 1 aromatic carbocycles. The summed E-state index contributed by atoms with van der Waals surface area (Å²) in [5.74, 6) is 0. The third-order valence-electron chi connectivity index (χ3n) is 2.28. The normalized spacial score (nSPS) is 9.35. The van der Waals surface area contributed by atoms with Gasteiger partial charge >= 0.3 is 7.32 Å². The molecule has 0 aliphatic heterocycles. The van der Waals surface area contributed by atoms with E-state index in [4.69, 9.17) is 15.1 Å². The third-order valence-corrected chi connectivity index (χ3v) is 2.28. The minimum atomic E-state index is -2.17. The first-order chi connectivity index (χ1) is 9.50. The van der Waals surface area contributed by atoms with Gasteiger partial charge in [-0.25, -0.2) is 0 Å². The van der Waals surface area contributed by atoms with Crippen molar-refractivity contribution in [3.63, 3.8) is 0 Å². The topological polar surface area (TPSA) is 117 Å². The van der Waals surface area contributed by atoms with Gasteiger partial charge in [0.25, 0.3) is 5.69 Å². The van der Waals surface area contributed by atoms with E-state index in [1.165, 1.54) is 6.07 Å². The van der Waals surface area contributed by atoms with Gasteiger partial charge in [0.1, 0.15) is 5.69 Å². The van der Waals surface area contributed by atoms with E-state index in [1.54, 1.807) is 12.3 Å². The number of rotatable bonds is 3. The summed E-state index contributed by atoms with van der Waals surface area (Å²) in [5.41, 5.74) is 1.59. The molecule has 0 aliphatic rings. The van der Waals surface area contributed by atoms with Crippen LogP contribution in [-0.2, 0) is 6.42 Å². The molecule has 0 amide bonds. The largest absolute Gasteiger partial charge is 0.631 e.